The highest BCUT2D eigenvalue weighted by Crippen LogP contribution is 2.62. The standard InChI is InChI=1S/C57H36N2O/c1-2-19-39(20-3-1)59-52-28-10-7-23-44(52)46-35-40(31-33-53(46)59)58(51-29-14-16-37-15-4-5-21-42(37)51)41-32-34-55-50(36-41)57(48-26-9-11-30-54(48)60-55)47-25-8-6-22-43(47)45-24-12-17-38-18-13-27-49(57)56(38)45/h1-36H. The third-order valence-corrected chi connectivity index (χ3v) is 13.0. The van der Waals surface area contributed by atoms with Gasteiger partial charge in [0, 0.05) is 44.3 Å². The van der Waals surface area contributed by atoms with E-state index in [1.807, 2.05) is 0 Å². The van der Waals surface area contributed by atoms with Crippen LogP contribution in [0.1, 0.15) is 22.3 Å². The summed E-state index contributed by atoms with van der Waals surface area (Å²) in [4.78, 5) is 2.45. The first-order valence-electron chi connectivity index (χ1n) is 20.7. The van der Waals surface area contributed by atoms with Gasteiger partial charge < -0.3 is 14.2 Å². The van der Waals surface area contributed by atoms with Gasteiger partial charge in [0.1, 0.15) is 11.5 Å². The van der Waals surface area contributed by atoms with E-state index in [2.05, 4.69) is 228 Å². The van der Waals surface area contributed by atoms with Crippen molar-refractivity contribution in [1.82, 2.24) is 4.57 Å². The molecule has 0 fully saturated rings. The highest BCUT2D eigenvalue weighted by Gasteiger charge is 2.49. The Morgan fingerprint density at radius 3 is 1.92 bits per heavy atom. The molecule has 10 aromatic carbocycles. The van der Waals surface area contributed by atoms with E-state index in [9.17, 15) is 0 Å². The van der Waals surface area contributed by atoms with Crippen LogP contribution in [-0.2, 0) is 5.41 Å². The molecule has 13 rings (SSSR count). The Kier molecular flexibility index (Phi) is 6.93. The molecule has 0 saturated carbocycles. The number of anilines is 3. The van der Waals surface area contributed by atoms with Gasteiger partial charge in [-0.3, -0.25) is 0 Å². The van der Waals surface area contributed by atoms with Crippen LogP contribution in [-0.4, -0.2) is 4.57 Å². The maximum Gasteiger partial charge on any atom is 0.132 e. The second-order valence-corrected chi connectivity index (χ2v) is 16.0. The average molecular weight is 765 g/mol. The molecule has 2 heterocycles. The van der Waals surface area contributed by atoms with E-state index in [1.54, 1.807) is 0 Å². The molecule has 0 N–H and O–H groups in total. The summed E-state index contributed by atoms with van der Waals surface area (Å²) in [5.74, 6) is 1.75. The second-order valence-electron chi connectivity index (χ2n) is 16.0. The normalized spacial score (nSPS) is 14.9. The lowest BCUT2D eigenvalue weighted by molar-refractivity contribution is 0.435. The van der Waals surface area contributed by atoms with E-state index in [0.29, 0.717) is 0 Å². The Balaban J connectivity index is 1.12. The van der Waals surface area contributed by atoms with Crippen molar-refractivity contribution < 1.29 is 4.74 Å². The number of hydrogen-bond donors (Lipinski definition) is 0. The Hall–Kier alpha value is -7.88. The number of benzene rings is 10. The lowest BCUT2D eigenvalue weighted by atomic mass is 9.58. The molecular formula is C57H36N2O. The van der Waals surface area contributed by atoms with Crippen LogP contribution >= 0.6 is 0 Å². The molecule has 1 spiro atoms. The van der Waals surface area contributed by atoms with E-state index in [-0.39, 0.29) is 0 Å². The number of aromatic nitrogens is 1. The molecule has 1 aliphatic heterocycles. The third-order valence-electron chi connectivity index (χ3n) is 13.0. The molecule has 1 unspecified atom stereocenters. The van der Waals surface area contributed by atoms with Crippen LogP contribution in [0.2, 0.25) is 0 Å². The fraction of sp³-hybridized carbons (Fsp3) is 0.0175. The zero-order valence-corrected chi connectivity index (χ0v) is 32.6. The zero-order chi connectivity index (χ0) is 39.4. The smallest absolute Gasteiger partial charge is 0.132 e. The van der Waals surface area contributed by atoms with Gasteiger partial charge in [0.15, 0.2) is 0 Å². The van der Waals surface area contributed by atoms with Crippen LogP contribution in [0.4, 0.5) is 17.1 Å². The molecule has 3 heteroatoms. The topological polar surface area (TPSA) is 17.4 Å². The summed E-state index contributed by atoms with van der Waals surface area (Å²) in [5, 5.41) is 7.32. The van der Waals surface area contributed by atoms with Gasteiger partial charge in [-0.2, -0.15) is 0 Å². The maximum atomic E-state index is 6.95. The van der Waals surface area contributed by atoms with E-state index >= 15 is 0 Å². The number of para-hydroxylation sites is 3. The molecule has 2 aliphatic rings. The third kappa shape index (κ3) is 4.49. The lowest BCUT2D eigenvalue weighted by Crippen LogP contribution is -2.36. The monoisotopic (exact) mass is 764 g/mol. The quantitative estimate of drug-likeness (QED) is 0.178. The first-order valence-corrected chi connectivity index (χ1v) is 20.7. The maximum absolute atomic E-state index is 6.95. The Morgan fingerprint density at radius 1 is 0.383 bits per heavy atom. The Bertz CT molecular complexity index is 3540. The van der Waals surface area contributed by atoms with Crippen molar-refractivity contribution in [3.8, 4) is 28.3 Å². The number of fused-ring (bicyclic) bond motifs is 12. The largest absolute Gasteiger partial charge is 0.457 e. The van der Waals surface area contributed by atoms with Crippen LogP contribution in [0.15, 0.2) is 218 Å². The molecule has 0 bridgehead atoms. The van der Waals surface area contributed by atoms with Gasteiger partial charge in [0.2, 0.25) is 0 Å². The molecule has 0 radical (unpaired) electrons. The summed E-state index contributed by atoms with van der Waals surface area (Å²) in [5.41, 5.74) is 13.4. The van der Waals surface area contributed by atoms with E-state index in [0.717, 1.165) is 45.4 Å². The van der Waals surface area contributed by atoms with E-state index in [4.69, 9.17) is 4.74 Å². The van der Waals surface area contributed by atoms with Gasteiger partial charge in [-0.05, 0) is 105 Å². The summed E-state index contributed by atoms with van der Waals surface area (Å²) in [6.07, 6.45) is 0. The summed E-state index contributed by atoms with van der Waals surface area (Å²) in [7, 11) is 0. The van der Waals surface area contributed by atoms with E-state index < -0.39 is 5.41 Å². The lowest BCUT2D eigenvalue weighted by Gasteiger charge is -2.45. The molecule has 0 amide bonds. The average Bonchev–Trinajstić information content (AvgIpc) is 3.64. The molecule has 11 aromatic rings. The molecule has 1 aliphatic carbocycles. The van der Waals surface area contributed by atoms with Crippen molar-refractivity contribution in [3.63, 3.8) is 0 Å². The number of ether oxygens (including phenoxy) is 1. The van der Waals surface area contributed by atoms with Gasteiger partial charge >= 0.3 is 0 Å². The van der Waals surface area contributed by atoms with Crippen molar-refractivity contribution in [2.45, 2.75) is 5.41 Å². The Morgan fingerprint density at radius 2 is 1.00 bits per heavy atom. The highest BCUT2D eigenvalue weighted by molar-refractivity contribution is 6.11. The Labute approximate surface area is 347 Å². The predicted octanol–water partition coefficient (Wildman–Crippen LogP) is 15.0. The minimum absolute atomic E-state index is 0.651. The van der Waals surface area contributed by atoms with Gasteiger partial charge in [-0.25, -0.2) is 0 Å². The van der Waals surface area contributed by atoms with Gasteiger partial charge in [0.05, 0.1) is 22.1 Å². The van der Waals surface area contributed by atoms with Gasteiger partial charge in [0.25, 0.3) is 0 Å². The minimum atomic E-state index is -0.651. The fourth-order valence-corrected chi connectivity index (χ4v) is 10.6. The summed E-state index contributed by atoms with van der Waals surface area (Å²) >= 11 is 0. The van der Waals surface area contributed by atoms with Crippen LogP contribution in [0, 0.1) is 0 Å². The van der Waals surface area contributed by atoms with Crippen molar-refractivity contribution in [3.05, 3.63) is 241 Å². The van der Waals surface area contributed by atoms with Crippen molar-refractivity contribution in [1.29, 1.82) is 0 Å². The molecule has 1 atom stereocenters. The van der Waals surface area contributed by atoms with Crippen LogP contribution in [0.3, 0.4) is 0 Å². The predicted molar refractivity (Wildman–Crippen MR) is 248 cm³/mol. The first-order chi connectivity index (χ1) is 29.8. The number of rotatable bonds is 4. The number of hydrogen-bond acceptors (Lipinski definition) is 2. The van der Waals surface area contributed by atoms with Crippen molar-refractivity contribution in [2.24, 2.45) is 0 Å². The van der Waals surface area contributed by atoms with Crippen LogP contribution < -0.4 is 9.64 Å². The van der Waals surface area contributed by atoms with E-state index in [1.165, 1.54) is 65.6 Å². The second kappa shape index (κ2) is 12.6. The SMILES string of the molecule is c1ccc(-n2c3ccccc3c3cc(N(c4ccc5c(c4)C4(c6ccccc6O5)c5ccccc5-c5cccc6cccc4c56)c4cccc5ccccc45)ccc32)cc1. The molecule has 3 nitrogen and oxygen atoms in total. The highest BCUT2D eigenvalue weighted by atomic mass is 16.5. The minimum Gasteiger partial charge on any atom is -0.457 e. The molecular weight excluding hydrogens is 729 g/mol. The molecule has 60 heavy (non-hydrogen) atoms. The number of nitrogens with zero attached hydrogens (tertiary/aromatic N) is 2. The van der Waals surface area contributed by atoms with Gasteiger partial charge in [-0.15, -0.1) is 0 Å². The van der Waals surface area contributed by atoms with Crippen molar-refractivity contribution in [2.75, 3.05) is 4.90 Å². The molecule has 1 aromatic heterocycles. The summed E-state index contributed by atoms with van der Waals surface area (Å²) < 4.78 is 9.33. The summed E-state index contributed by atoms with van der Waals surface area (Å²) in [6.45, 7) is 0. The fourth-order valence-electron chi connectivity index (χ4n) is 10.6. The molecule has 0 saturated heterocycles. The molecule has 280 valence electrons. The van der Waals surface area contributed by atoms with Gasteiger partial charge in [-0.1, -0.05) is 152 Å². The summed E-state index contributed by atoms with van der Waals surface area (Å²) in [6, 6.07) is 79.8. The first kappa shape index (κ1) is 33.1. The van der Waals surface area contributed by atoms with Crippen LogP contribution in [0.25, 0.3) is 60.2 Å². The van der Waals surface area contributed by atoms with Crippen LogP contribution in [0.5, 0.6) is 11.5 Å². The zero-order valence-electron chi connectivity index (χ0n) is 32.6. The van der Waals surface area contributed by atoms with Crippen molar-refractivity contribution >= 4 is 60.4 Å².